The molecule has 0 bridgehead atoms. The van der Waals surface area contributed by atoms with Crippen LogP contribution >= 0.6 is 0 Å². The molecule has 0 rings (SSSR count). The van der Waals surface area contributed by atoms with E-state index in [9.17, 15) is 0 Å². The van der Waals surface area contributed by atoms with Gasteiger partial charge in [0.2, 0.25) is 0 Å². The van der Waals surface area contributed by atoms with E-state index >= 15 is 0 Å². The van der Waals surface area contributed by atoms with Crippen molar-refractivity contribution in [2.24, 2.45) is 0 Å². The van der Waals surface area contributed by atoms with Crippen LogP contribution in [0.1, 0.15) is 0 Å². The first-order valence-electron chi connectivity index (χ1n) is 0.612. The Hall–Kier alpha value is 2.17. The fourth-order valence-electron chi connectivity index (χ4n) is 0. The van der Waals surface area contributed by atoms with E-state index in [1.165, 1.54) is 0 Å². The van der Waals surface area contributed by atoms with Crippen molar-refractivity contribution in [2.75, 3.05) is 0 Å². The third-order valence-electron chi connectivity index (χ3n) is 0. The van der Waals surface area contributed by atoms with Crippen molar-refractivity contribution in [3.05, 3.63) is 0 Å². The largest absolute Gasteiger partial charge is 4.00 e. The van der Waals surface area contributed by atoms with Crippen LogP contribution in [0.15, 0.2) is 0 Å². The predicted octanol–water partition coefficient (Wildman–Crippen LogP) is -5.56. The third kappa shape index (κ3) is 66.2. The molecule has 0 atom stereocenters. The monoisotopic (exact) mass is 299 g/mol. The molecule has 0 fully saturated rings. The van der Waals surface area contributed by atoms with Crippen LogP contribution in [0.3, 0.4) is 0 Å². The molecule has 0 aromatic heterocycles. The SMILES string of the molecule is O=C([O-])[O-].[Cs+].[O-2].[Zr+4]. The summed E-state index contributed by atoms with van der Waals surface area (Å²) in [5, 5.41) is 16.7. The van der Waals surface area contributed by atoms with Crippen molar-refractivity contribution >= 4 is 6.16 Å². The maximum absolute atomic E-state index is 8.33. The summed E-state index contributed by atoms with van der Waals surface area (Å²) in [6.45, 7) is 0. The molecule has 0 aliphatic carbocycles. The zero-order chi connectivity index (χ0) is 3.58. The Balaban J connectivity index is -0.0000000150. The van der Waals surface area contributed by atoms with Gasteiger partial charge in [-0.2, -0.15) is 0 Å². The smallest absolute Gasteiger partial charge is 2.00 e. The molecule has 4 nitrogen and oxygen atoms in total. The van der Waals surface area contributed by atoms with E-state index in [0.29, 0.717) is 0 Å². The molecule has 0 saturated carbocycles. The second-order valence-corrected chi connectivity index (χ2v) is 0.250. The molecule has 0 aromatic carbocycles. The van der Waals surface area contributed by atoms with Crippen LogP contribution in [0.4, 0.5) is 4.79 Å². The summed E-state index contributed by atoms with van der Waals surface area (Å²) in [7, 11) is 0. The summed E-state index contributed by atoms with van der Waals surface area (Å²) >= 11 is 0. The number of carbonyl (C=O) groups excluding carboxylic acids is 1. The molecular weight excluding hydrogens is 300 g/mol. The molecule has 7 heavy (non-hydrogen) atoms. The number of carboxylic acid groups (broad SMARTS) is 2. The maximum atomic E-state index is 8.33. The Morgan fingerprint density at radius 2 is 1.29 bits per heavy atom. The second-order valence-electron chi connectivity index (χ2n) is 0.250. The van der Waals surface area contributed by atoms with Gasteiger partial charge >= 0.3 is 95.1 Å². The molecule has 0 spiro atoms. The summed E-state index contributed by atoms with van der Waals surface area (Å²) < 4.78 is 0. The van der Waals surface area contributed by atoms with Gasteiger partial charge in [-0.25, -0.2) is 0 Å². The Labute approximate surface area is 119 Å². The Kier molecular flexibility index (Phi) is 51.4. The average molecular weight is 300 g/mol. The van der Waals surface area contributed by atoms with Crippen LogP contribution in [0.2, 0.25) is 0 Å². The normalized spacial score (nSPS) is 3.43. The van der Waals surface area contributed by atoms with Gasteiger partial charge in [-0.1, -0.05) is 0 Å². The van der Waals surface area contributed by atoms with Gasteiger partial charge in [0.1, 0.15) is 0 Å². The summed E-state index contributed by atoms with van der Waals surface area (Å²) in [6.07, 6.45) is -2.33. The minimum atomic E-state index is -2.33. The van der Waals surface area contributed by atoms with Crippen molar-refractivity contribution < 1.29 is 116 Å². The molecule has 0 amide bonds. The summed E-state index contributed by atoms with van der Waals surface area (Å²) in [5.41, 5.74) is 0. The maximum Gasteiger partial charge on any atom is 4.00 e. The molecule has 0 saturated heterocycles. The minimum Gasteiger partial charge on any atom is -2.00 e. The van der Waals surface area contributed by atoms with Crippen molar-refractivity contribution in [3.63, 3.8) is 0 Å². The van der Waals surface area contributed by atoms with E-state index in [4.69, 9.17) is 15.0 Å². The van der Waals surface area contributed by atoms with E-state index in [0.717, 1.165) is 0 Å². The van der Waals surface area contributed by atoms with Crippen molar-refractivity contribution in [2.45, 2.75) is 0 Å². The van der Waals surface area contributed by atoms with Gasteiger partial charge in [-0.3, -0.25) is 0 Å². The summed E-state index contributed by atoms with van der Waals surface area (Å²) in [6, 6.07) is 0. The van der Waals surface area contributed by atoms with Gasteiger partial charge in [-0.15, -0.1) is 0 Å². The average Bonchev–Trinajstić information content (AvgIpc) is 0.811. The molecule has 0 aromatic rings. The summed E-state index contributed by atoms with van der Waals surface area (Å²) in [5.74, 6) is 0. The van der Waals surface area contributed by atoms with E-state index in [1.54, 1.807) is 0 Å². The number of carbonyl (C=O) groups is 1. The zero-order valence-corrected chi connectivity index (χ0v) is 12.4. The topological polar surface area (TPSA) is 91.7 Å². The van der Waals surface area contributed by atoms with Gasteiger partial charge in [0, 0.05) is 0 Å². The third-order valence-corrected chi connectivity index (χ3v) is 0. The van der Waals surface area contributed by atoms with Crippen molar-refractivity contribution in [1.82, 2.24) is 0 Å². The van der Waals surface area contributed by atoms with Crippen molar-refractivity contribution in [3.8, 4) is 0 Å². The first-order valence-corrected chi connectivity index (χ1v) is 0.612. The standard InChI is InChI=1S/CH2O3.Cs.O.Zr/c2-1(3)4;;;/h(H2,2,3,4);;;/q;+1;-2;+4/p-2. The minimum absolute atomic E-state index is 0. The second kappa shape index (κ2) is 15.7. The van der Waals surface area contributed by atoms with Crippen LogP contribution < -0.4 is 79.1 Å². The Morgan fingerprint density at radius 3 is 1.29 bits per heavy atom. The first-order chi connectivity index (χ1) is 1.73. The van der Waals surface area contributed by atoms with E-state index in [2.05, 4.69) is 0 Å². The summed E-state index contributed by atoms with van der Waals surface area (Å²) in [4.78, 5) is 8.33. The molecule has 0 aliphatic rings. The zero-order valence-electron chi connectivity index (χ0n) is 3.63. The Morgan fingerprint density at radius 1 is 1.29 bits per heavy atom. The van der Waals surface area contributed by atoms with Gasteiger partial charge in [-0.05, 0) is 6.16 Å². The quantitative estimate of drug-likeness (QED) is 0.447. The van der Waals surface area contributed by atoms with E-state index in [1.807, 2.05) is 0 Å². The van der Waals surface area contributed by atoms with E-state index in [-0.39, 0.29) is 101 Å². The van der Waals surface area contributed by atoms with Crippen LogP contribution in [0, 0.1) is 0 Å². The number of hydrogen-bond acceptors (Lipinski definition) is 3. The fourth-order valence-corrected chi connectivity index (χ4v) is 0. The first kappa shape index (κ1) is 22.9. The molecular formula is CCsO4Zr+. The van der Waals surface area contributed by atoms with E-state index < -0.39 is 6.16 Å². The molecule has 32 valence electrons. The number of hydrogen-bond donors (Lipinski definition) is 0. The molecule has 0 N–H and O–H groups in total. The molecule has 6 heteroatoms. The molecule has 0 aliphatic heterocycles. The fraction of sp³-hybridized carbons (Fsp3) is 0. The molecule has 0 unspecified atom stereocenters. The molecule has 0 radical (unpaired) electrons. The van der Waals surface area contributed by atoms with Gasteiger partial charge in [0.15, 0.2) is 0 Å². The van der Waals surface area contributed by atoms with Gasteiger partial charge < -0.3 is 20.5 Å². The van der Waals surface area contributed by atoms with Crippen molar-refractivity contribution in [1.29, 1.82) is 0 Å². The predicted molar refractivity (Wildman–Crippen MR) is 6.08 cm³/mol. The Bertz CT molecular complexity index is 34.7. The van der Waals surface area contributed by atoms with Gasteiger partial charge in [0.05, 0.1) is 0 Å². The van der Waals surface area contributed by atoms with Crippen LogP contribution in [-0.4, -0.2) is 6.16 Å². The molecule has 0 heterocycles. The van der Waals surface area contributed by atoms with Gasteiger partial charge in [0.25, 0.3) is 0 Å². The van der Waals surface area contributed by atoms with Crippen LogP contribution in [0.5, 0.6) is 0 Å². The number of rotatable bonds is 0. The van der Waals surface area contributed by atoms with Crippen LogP contribution in [0.25, 0.3) is 0 Å². The van der Waals surface area contributed by atoms with Crippen LogP contribution in [-0.2, 0) is 31.7 Å².